The van der Waals surface area contributed by atoms with Gasteiger partial charge in [-0.15, -0.1) is 0 Å². The van der Waals surface area contributed by atoms with Crippen molar-refractivity contribution in [2.75, 3.05) is 6.54 Å². The normalized spacial score (nSPS) is 14.1. The minimum Gasteiger partial charge on any atom is -0.387 e. The van der Waals surface area contributed by atoms with Gasteiger partial charge in [0.05, 0.1) is 6.10 Å². The molecule has 0 amide bonds. The molecule has 4 heteroatoms. The molecule has 0 aliphatic carbocycles. The van der Waals surface area contributed by atoms with Crippen molar-refractivity contribution in [3.63, 3.8) is 0 Å². The van der Waals surface area contributed by atoms with Crippen molar-refractivity contribution < 1.29 is 9.50 Å². The number of nitrogens with one attached hydrogen (secondary N) is 1. The first-order valence-electron chi connectivity index (χ1n) is 6.23. The first-order valence-corrected chi connectivity index (χ1v) is 6.23. The lowest BCUT2D eigenvalue weighted by molar-refractivity contribution is 0.170. The molecule has 0 bridgehead atoms. The summed E-state index contributed by atoms with van der Waals surface area (Å²) in [4.78, 5) is 4.06. The number of rotatable bonds is 5. The number of aliphatic hydroxyl groups is 1. The molecule has 0 spiro atoms. The van der Waals surface area contributed by atoms with Crippen LogP contribution in [0.3, 0.4) is 0 Å². The van der Waals surface area contributed by atoms with Crippen molar-refractivity contribution in [3.8, 4) is 0 Å². The number of nitrogens with zero attached hydrogens (tertiary/aromatic N) is 1. The summed E-state index contributed by atoms with van der Waals surface area (Å²) in [7, 11) is 0. The average molecular weight is 260 g/mol. The molecular weight excluding hydrogens is 243 g/mol. The Morgan fingerprint density at radius 3 is 2.58 bits per heavy atom. The van der Waals surface area contributed by atoms with Gasteiger partial charge in [-0.05, 0) is 36.2 Å². The Morgan fingerprint density at radius 2 is 1.95 bits per heavy atom. The zero-order chi connectivity index (χ0) is 13.7. The number of benzene rings is 1. The maximum Gasteiger partial charge on any atom is 0.123 e. The van der Waals surface area contributed by atoms with Gasteiger partial charge in [-0.2, -0.15) is 0 Å². The quantitative estimate of drug-likeness (QED) is 0.868. The Bertz CT molecular complexity index is 501. The molecule has 1 unspecified atom stereocenters. The van der Waals surface area contributed by atoms with E-state index < -0.39 is 6.10 Å². The maximum atomic E-state index is 12.8. The van der Waals surface area contributed by atoms with Crippen LogP contribution in [-0.4, -0.2) is 16.6 Å². The molecule has 0 saturated heterocycles. The van der Waals surface area contributed by atoms with Gasteiger partial charge in [0, 0.05) is 25.0 Å². The number of halogens is 1. The molecule has 19 heavy (non-hydrogen) atoms. The van der Waals surface area contributed by atoms with E-state index in [2.05, 4.69) is 10.3 Å². The van der Waals surface area contributed by atoms with E-state index in [0.717, 1.165) is 5.56 Å². The van der Waals surface area contributed by atoms with E-state index >= 15 is 0 Å². The van der Waals surface area contributed by atoms with E-state index in [1.54, 1.807) is 24.5 Å². The maximum absolute atomic E-state index is 12.8. The lowest BCUT2D eigenvalue weighted by Crippen LogP contribution is -2.24. The molecule has 3 nitrogen and oxygen atoms in total. The van der Waals surface area contributed by atoms with Gasteiger partial charge >= 0.3 is 0 Å². The van der Waals surface area contributed by atoms with Crippen LogP contribution in [0.5, 0.6) is 0 Å². The highest BCUT2D eigenvalue weighted by molar-refractivity contribution is 5.19. The summed E-state index contributed by atoms with van der Waals surface area (Å²) >= 11 is 0. The number of aromatic nitrogens is 1. The molecule has 2 N–H and O–H groups in total. The Kier molecular flexibility index (Phi) is 4.60. The highest BCUT2D eigenvalue weighted by atomic mass is 19.1. The molecule has 0 aliphatic heterocycles. The van der Waals surface area contributed by atoms with Gasteiger partial charge in [0.25, 0.3) is 0 Å². The topological polar surface area (TPSA) is 45.1 Å². The van der Waals surface area contributed by atoms with Crippen LogP contribution in [0.1, 0.15) is 30.2 Å². The van der Waals surface area contributed by atoms with Crippen molar-refractivity contribution in [1.29, 1.82) is 0 Å². The molecule has 2 rings (SSSR count). The standard InChI is InChI=1S/C15H17FN2O/c1-11(13-3-2-8-17-9-13)18-10-15(19)12-4-6-14(16)7-5-12/h2-9,11,15,18-19H,10H2,1H3/t11-,15?/m1/s1. The molecule has 0 aliphatic rings. The largest absolute Gasteiger partial charge is 0.387 e. The fourth-order valence-electron chi connectivity index (χ4n) is 1.84. The molecule has 0 radical (unpaired) electrons. The van der Waals surface area contributed by atoms with E-state index in [4.69, 9.17) is 0 Å². The molecule has 100 valence electrons. The van der Waals surface area contributed by atoms with Gasteiger partial charge in [-0.1, -0.05) is 18.2 Å². The Morgan fingerprint density at radius 1 is 1.21 bits per heavy atom. The summed E-state index contributed by atoms with van der Waals surface area (Å²) in [6, 6.07) is 9.85. The summed E-state index contributed by atoms with van der Waals surface area (Å²) in [5.74, 6) is -0.298. The molecule has 0 saturated carbocycles. The first kappa shape index (κ1) is 13.6. The van der Waals surface area contributed by atoms with Gasteiger partial charge in [-0.25, -0.2) is 4.39 Å². The second kappa shape index (κ2) is 6.41. The van der Waals surface area contributed by atoms with Gasteiger partial charge in [0.15, 0.2) is 0 Å². The monoisotopic (exact) mass is 260 g/mol. The van der Waals surface area contributed by atoms with Gasteiger partial charge in [0.2, 0.25) is 0 Å². The van der Waals surface area contributed by atoms with Crippen LogP contribution in [-0.2, 0) is 0 Å². The third-order valence-corrected chi connectivity index (χ3v) is 3.06. The molecule has 2 aromatic rings. The van der Waals surface area contributed by atoms with Crippen LogP contribution in [0.2, 0.25) is 0 Å². The summed E-state index contributed by atoms with van der Waals surface area (Å²) in [5, 5.41) is 13.2. The summed E-state index contributed by atoms with van der Waals surface area (Å²) in [5.41, 5.74) is 1.76. The van der Waals surface area contributed by atoms with Crippen molar-refractivity contribution in [2.45, 2.75) is 19.1 Å². The lowest BCUT2D eigenvalue weighted by atomic mass is 10.1. The minimum atomic E-state index is -0.653. The van der Waals surface area contributed by atoms with Crippen LogP contribution in [0.4, 0.5) is 4.39 Å². The predicted molar refractivity (Wildman–Crippen MR) is 72.0 cm³/mol. The van der Waals surface area contributed by atoms with Gasteiger partial charge < -0.3 is 10.4 Å². The van der Waals surface area contributed by atoms with Crippen LogP contribution < -0.4 is 5.32 Å². The summed E-state index contributed by atoms with van der Waals surface area (Å²) in [6.45, 7) is 2.41. The van der Waals surface area contributed by atoms with Gasteiger partial charge in [-0.3, -0.25) is 4.98 Å². The zero-order valence-corrected chi connectivity index (χ0v) is 10.8. The number of hydrogen-bond acceptors (Lipinski definition) is 3. The molecular formula is C15H17FN2O. The van der Waals surface area contributed by atoms with Crippen molar-refractivity contribution in [2.24, 2.45) is 0 Å². The van der Waals surface area contributed by atoms with Crippen molar-refractivity contribution >= 4 is 0 Å². The SMILES string of the molecule is C[C@@H](NCC(O)c1ccc(F)cc1)c1cccnc1. The van der Waals surface area contributed by atoms with Crippen molar-refractivity contribution in [1.82, 2.24) is 10.3 Å². The number of hydrogen-bond donors (Lipinski definition) is 2. The van der Waals surface area contributed by atoms with Crippen LogP contribution in [0.15, 0.2) is 48.8 Å². The highest BCUT2D eigenvalue weighted by Crippen LogP contribution is 2.15. The third kappa shape index (κ3) is 3.84. The first-order chi connectivity index (χ1) is 9.16. The average Bonchev–Trinajstić information content (AvgIpc) is 2.46. The molecule has 1 aromatic heterocycles. The molecule has 0 fully saturated rings. The van der Waals surface area contributed by atoms with E-state index in [-0.39, 0.29) is 11.9 Å². The second-order valence-electron chi connectivity index (χ2n) is 4.48. The zero-order valence-electron chi connectivity index (χ0n) is 10.8. The Hall–Kier alpha value is -1.78. The fourth-order valence-corrected chi connectivity index (χ4v) is 1.84. The number of aliphatic hydroxyl groups excluding tert-OH is 1. The Balaban J connectivity index is 1.90. The van der Waals surface area contributed by atoms with Crippen LogP contribution >= 0.6 is 0 Å². The molecule has 2 atom stereocenters. The summed E-state index contributed by atoms with van der Waals surface area (Å²) < 4.78 is 12.8. The van der Waals surface area contributed by atoms with E-state index in [9.17, 15) is 9.50 Å². The molecule has 1 heterocycles. The Labute approximate surface area is 112 Å². The summed E-state index contributed by atoms with van der Waals surface area (Å²) in [6.07, 6.45) is 2.87. The smallest absolute Gasteiger partial charge is 0.123 e. The highest BCUT2D eigenvalue weighted by Gasteiger charge is 2.10. The van der Waals surface area contributed by atoms with E-state index in [1.807, 2.05) is 19.1 Å². The minimum absolute atomic E-state index is 0.101. The second-order valence-corrected chi connectivity index (χ2v) is 4.48. The molecule has 1 aromatic carbocycles. The predicted octanol–water partition coefficient (Wildman–Crippen LogP) is 2.60. The van der Waals surface area contributed by atoms with E-state index in [1.165, 1.54) is 12.1 Å². The van der Waals surface area contributed by atoms with Gasteiger partial charge in [0.1, 0.15) is 5.82 Å². The lowest BCUT2D eigenvalue weighted by Gasteiger charge is -2.17. The van der Waals surface area contributed by atoms with E-state index in [0.29, 0.717) is 12.1 Å². The third-order valence-electron chi connectivity index (χ3n) is 3.06. The number of pyridine rings is 1. The van der Waals surface area contributed by atoms with Crippen molar-refractivity contribution in [3.05, 3.63) is 65.7 Å². The van der Waals surface area contributed by atoms with Crippen LogP contribution in [0.25, 0.3) is 0 Å². The fraction of sp³-hybridized carbons (Fsp3) is 0.267. The van der Waals surface area contributed by atoms with Crippen LogP contribution in [0, 0.1) is 5.82 Å².